The summed E-state index contributed by atoms with van der Waals surface area (Å²) in [6, 6.07) is 8.17. The van der Waals surface area contributed by atoms with E-state index < -0.39 is 0 Å². The molecule has 2 saturated heterocycles. The minimum atomic E-state index is 0. The van der Waals surface area contributed by atoms with Crippen molar-refractivity contribution in [3.8, 4) is 0 Å². The fourth-order valence-electron chi connectivity index (χ4n) is 3.98. The number of hydrogen-bond acceptors (Lipinski definition) is 4. The van der Waals surface area contributed by atoms with E-state index in [1.807, 2.05) is 28.9 Å². The zero-order chi connectivity index (χ0) is 18.1. The highest BCUT2D eigenvalue weighted by Gasteiger charge is 2.30. The molecule has 5 nitrogen and oxygen atoms in total. The van der Waals surface area contributed by atoms with Gasteiger partial charge in [0.1, 0.15) is 0 Å². The van der Waals surface area contributed by atoms with Crippen molar-refractivity contribution in [3.05, 3.63) is 34.7 Å². The Bertz CT molecular complexity index is 824. The van der Waals surface area contributed by atoms with E-state index in [1.165, 1.54) is 5.39 Å². The summed E-state index contributed by atoms with van der Waals surface area (Å²) in [6.07, 6.45) is 1.86. The Labute approximate surface area is 170 Å². The predicted octanol–water partition coefficient (Wildman–Crippen LogP) is 2.92. The molecule has 2 aliphatic heterocycles. The monoisotopic (exact) mass is 407 g/mol. The fourth-order valence-corrected chi connectivity index (χ4v) is 5.16. The number of hydrogen-bond donors (Lipinski definition) is 1. The van der Waals surface area contributed by atoms with Crippen LogP contribution in [0.25, 0.3) is 10.1 Å². The molecule has 0 unspecified atom stereocenters. The lowest BCUT2D eigenvalue weighted by molar-refractivity contribution is -0.137. The largest absolute Gasteiger partial charge is 0.339 e. The maximum atomic E-state index is 13.0. The Morgan fingerprint density at radius 1 is 1.04 bits per heavy atom. The number of amides is 2. The SMILES string of the molecule is Cc1c(C(=O)N2CCN(C(=O)C3CCNCC3)CC2)sc2ccccc12.Cl. The second-order valence-corrected chi connectivity index (χ2v) is 8.25. The average Bonchev–Trinajstić information content (AvgIpc) is 3.04. The normalized spacial score (nSPS) is 18.4. The van der Waals surface area contributed by atoms with Crippen LogP contribution in [0.5, 0.6) is 0 Å². The molecule has 7 heteroatoms. The highest BCUT2D eigenvalue weighted by atomic mass is 35.5. The van der Waals surface area contributed by atoms with Crippen LogP contribution < -0.4 is 5.32 Å². The quantitative estimate of drug-likeness (QED) is 0.832. The Kier molecular flexibility index (Phi) is 6.40. The summed E-state index contributed by atoms with van der Waals surface area (Å²) in [4.78, 5) is 30.4. The molecule has 2 amide bonds. The minimum Gasteiger partial charge on any atom is -0.339 e. The third kappa shape index (κ3) is 3.98. The van der Waals surface area contributed by atoms with Crippen LogP contribution in [0.15, 0.2) is 24.3 Å². The Balaban J connectivity index is 0.00000210. The van der Waals surface area contributed by atoms with Crippen molar-refractivity contribution in [1.82, 2.24) is 15.1 Å². The van der Waals surface area contributed by atoms with Crippen LogP contribution in [0, 0.1) is 12.8 Å². The number of halogens is 1. The predicted molar refractivity (Wildman–Crippen MR) is 112 cm³/mol. The topological polar surface area (TPSA) is 52.7 Å². The van der Waals surface area contributed by atoms with Gasteiger partial charge in [-0.25, -0.2) is 0 Å². The minimum absolute atomic E-state index is 0. The Morgan fingerprint density at radius 3 is 2.33 bits per heavy atom. The summed E-state index contributed by atoms with van der Waals surface area (Å²) in [5.74, 6) is 0.539. The number of thiophene rings is 1. The van der Waals surface area contributed by atoms with Gasteiger partial charge in [-0.3, -0.25) is 9.59 Å². The van der Waals surface area contributed by atoms with E-state index in [4.69, 9.17) is 0 Å². The standard InChI is InChI=1S/C20H25N3O2S.ClH/c1-14-16-4-2-3-5-17(16)26-18(14)20(25)23-12-10-22(11-13-23)19(24)15-6-8-21-9-7-15;/h2-5,15,21H,6-13H2,1H3;1H. The van der Waals surface area contributed by atoms with Gasteiger partial charge in [0.25, 0.3) is 5.91 Å². The van der Waals surface area contributed by atoms with E-state index in [2.05, 4.69) is 17.4 Å². The molecule has 0 spiro atoms. The molecule has 1 aromatic carbocycles. The lowest BCUT2D eigenvalue weighted by Crippen LogP contribution is -2.52. The molecule has 2 aliphatic rings. The maximum absolute atomic E-state index is 13.0. The van der Waals surface area contributed by atoms with Crippen LogP contribution >= 0.6 is 23.7 Å². The van der Waals surface area contributed by atoms with Crippen molar-refractivity contribution in [2.24, 2.45) is 5.92 Å². The zero-order valence-corrected chi connectivity index (χ0v) is 17.2. The van der Waals surface area contributed by atoms with Crippen molar-refractivity contribution >= 4 is 45.6 Å². The molecule has 146 valence electrons. The van der Waals surface area contributed by atoms with E-state index in [1.54, 1.807) is 11.3 Å². The number of nitrogens with one attached hydrogen (secondary N) is 1. The second kappa shape index (κ2) is 8.59. The molecule has 0 atom stereocenters. The van der Waals surface area contributed by atoms with Crippen LogP contribution in [0.3, 0.4) is 0 Å². The number of aryl methyl sites for hydroxylation is 1. The van der Waals surface area contributed by atoms with Crippen LogP contribution in [-0.2, 0) is 4.79 Å². The molecule has 1 aromatic heterocycles. The molecule has 2 aromatic rings. The van der Waals surface area contributed by atoms with Gasteiger partial charge >= 0.3 is 0 Å². The molecular formula is C20H26ClN3O2S. The van der Waals surface area contributed by atoms with E-state index >= 15 is 0 Å². The molecule has 1 N–H and O–H groups in total. The summed E-state index contributed by atoms with van der Waals surface area (Å²) in [5.41, 5.74) is 1.07. The van der Waals surface area contributed by atoms with E-state index in [0.717, 1.165) is 41.1 Å². The van der Waals surface area contributed by atoms with Gasteiger partial charge in [-0.05, 0) is 49.9 Å². The maximum Gasteiger partial charge on any atom is 0.264 e. The molecule has 2 fully saturated rings. The molecule has 0 saturated carbocycles. The number of fused-ring (bicyclic) bond motifs is 1. The first kappa shape index (κ1) is 20.1. The summed E-state index contributed by atoms with van der Waals surface area (Å²) in [6.45, 7) is 6.45. The number of nitrogens with zero attached hydrogens (tertiary/aromatic N) is 2. The summed E-state index contributed by atoms with van der Waals surface area (Å²) in [7, 11) is 0. The van der Waals surface area contributed by atoms with Gasteiger partial charge in [-0.15, -0.1) is 23.7 Å². The van der Waals surface area contributed by atoms with Gasteiger partial charge in [0.2, 0.25) is 5.91 Å². The number of rotatable bonds is 2. The Morgan fingerprint density at radius 2 is 1.67 bits per heavy atom. The van der Waals surface area contributed by atoms with Gasteiger partial charge in [0, 0.05) is 36.8 Å². The summed E-state index contributed by atoms with van der Waals surface area (Å²) in [5, 5.41) is 4.47. The number of piperidine rings is 1. The van der Waals surface area contributed by atoms with Crippen LogP contribution in [0.2, 0.25) is 0 Å². The average molecular weight is 408 g/mol. The van der Waals surface area contributed by atoms with Crippen molar-refractivity contribution < 1.29 is 9.59 Å². The van der Waals surface area contributed by atoms with Gasteiger partial charge in [-0.1, -0.05) is 18.2 Å². The molecule has 4 rings (SSSR count). The van der Waals surface area contributed by atoms with Gasteiger partial charge in [0.05, 0.1) is 4.88 Å². The van der Waals surface area contributed by atoms with Crippen LogP contribution in [-0.4, -0.2) is 60.9 Å². The van der Waals surface area contributed by atoms with Gasteiger partial charge < -0.3 is 15.1 Å². The first-order valence-electron chi connectivity index (χ1n) is 9.42. The number of benzene rings is 1. The van der Waals surface area contributed by atoms with Crippen LogP contribution in [0.1, 0.15) is 28.1 Å². The fraction of sp³-hybridized carbons (Fsp3) is 0.500. The van der Waals surface area contributed by atoms with E-state index in [9.17, 15) is 9.59 Å². The number of carbonyl (C=O) groups is 2. The van der Waals surface area contributed by atoms with Gasteiger partial charge in [-0.2, -0.15) is 0 Å². The molecule has 0 bridgehead atoms. The second-order valence-electron chi connectivity index (χ2n) is 7.19. The molecule has 0 aliphatic carbocycles. The summed E-state index contributed by atoms with van der Waals surface area (Å²) >= 11 is 1.58. The van der Waals surface area contributed by atoms with Crippen molar-refractivity contribution in [2.75, 3.05) is 39.3 Å². The van der Waals surface area contributed by atoms with E-state index in [-0.39, 0.29) is 30.1 Å². The summed E-state index contributed by atoms with van der Waals surface area (Å²) < 4.78 is 1.16. The highest BCUT2D eigenvalue weighted by Crippen LogP contribution is 2.31. The van der Waals surface area contributed by atoms with Crippen molar-refractivity contribution in [3.63, 3.8) is 0 Å². The van der Waals surface area contributed by atoms with Gasteiger partial charge in [0.15, 0.2) is 0 Å². The highest BCUT2D eigenvalue weighted by molar-refractivity contribution is 7.21. The molecule has 3 heterocycles. The molecule has 0 radical (unpaired) electrons. The van der Waals surface area contributed by atoms with Crippen molar-refractivity contribution in [1.29, 1.82) is 0 Å². The first-order chi connectivity index (χ1) is 12.6. The van der Waals surface area contributed by atoms with Crippen molar-refractivity contribution in [2.45, 2.75) is 19.8 Å². The van der Waals surface area contributed by atoms with Crippen LogP contribution in [0.4, 0.5) is 0 Å². The smallest absolute Gasteiger partial charge is 0.264 e. The number of piperazine rings is 1. The number of carbonyl (C=O) groups excluding carboxylic acids is 2. The third-order valence-electron chi connectivity index (χ3n) is 5.60. The Hall–Kier alpha value is -1.63. The third-order valence-corrected chi connectivity index (χ3v) is 6.87. The lowest BCUT2D eigenvalue weighted by Gasteiger charge is -2.37. The first-order valence-corrected chi connectivity index (χ1v) is 10.2. The molecule has 27 heavy (non-hydrogen) atoms. The molecular weight excluding hydrogens is 382 g/mol. The lowest BCUT2D eigenvalue weighted by atomic mass is 9.96. The van der Waals surface area contributed by atoms with E-state index in [0.29, 0.717) is 26.2 Å². The zero-order valence-electron chi connectivity index (χ0n) is 15.6.